The van der Waals surface area contributed by atoms with E-state index in [4.69, 9.17) is 29.4 Å². The Morgan fingerprint density at radius 3 is 1.93 bits per heavy atom. The van der Waals surface area contributed by atoms with E-state index in [1.165, 1.54) is 18.3 Å². The van der Waals surface area contributed by atoms with Gasteiger partial charge < -0.3 is 45.2 Å². The molecule has 2 aromatic heterocycles. The number of nitrogens with two attached hydrogens (primary N) is 1. The highest BCUT2D eigenvalue weighted by atomic mass is 16.5. The average Bonchev–Trinajstić information content (AvgIpc) is 3.19. The summed E-state index contributed by atoms with van der Waals surface area (Å²) in [7, 11) is 0. The molecular weight excluding hydrogens is 742 g/mol. The number of amides is 1. The van der Waals surface area contributed by atoms with Crippen molar-refractivity contribution in [2.45, 2.75) is 83.7 Å². The zero-order valence-electron chi connectivity index (χ0n) is 32.8. The number of carbonyl (C=O) groups excluding carboxylic acids is 3. The Morgan fingerprint density at radius 2 is 1.32 bits per heavy atom. The quantitative estimate of drug-likeness (QED) is 0.0554. The van der Waals surface area contributed by atoms with Crippen molar-refractivity contribution in [1.82, 2.24) is 25.3 Å². The molecule has 1 aromatic carbocycles. The third-order valence-corrected chi connectivity index (χ3v) is 8.48. The largest absolute Gasteiger partial charge is 0.480 e. The number of aromatic nitrogens is 4. The van der Waals surface area contributed by atoms with Gasteiger partial charge >= 0.3 is 5.97 Å². The number of nitrogens with one attached hydrogen (secondary N) is 3. The van der Waals surface area contributed by atoms with E-state index in [2.05, 4.69) is 30.6 Å². The first kappa shape index (κ1) is 46.5. The van der Waals surface area contributed by atoms with E-state index in [1.807, 2.05) is 6.92 Å². The van der Waals surface area contributed by atoms with Crippen LogP contribution in [0.5, 0.6) is 0 Å². The SMILES string of the molecule is CCOCCOCCCC(=O)CCCCOCCOCCOCCCCC(=O)CC[C@@H](NC(=O)c1ccc(NCc2cnc3nc(N)[nH]c(=O)c3n2)cc1)C(=O)O. The van der Waals surface area contributed by atoms with Crippen LogP contribution in [0, 0.1) is 0 Å². The molecule has 3 rings (SSSR count). The van der Waals surface area contributed by atoms with Crippen LogP contribution in [-0.4, -0.2) is 121 Å². The van der Waals surface area contributed by atoms with Gasteiger partial charge in [0, 0.05) is 63.4 Å². The number of fused-ring (bicyclic) bond motifs is 1. The molecule has 1 atom stereocenters. The fraction of sp³-hybridized carbons (Fsp3) is 0.590. The first-order valence-corrected chi connectivity index (χ1v) is 19.5. The van der Waals surface area contributed by atoms with Gasteiger partial charge in [-0.2, -0.15) is 4.98 Å². The topological polar surface area (TPSA) is 256 Å². The van der Waals surface area contributed by atoms with Crippen molar-refractivity contribution in [1.29, 1.82) is 0 Å². The fourth-order valence-electron chi connectivity index (χ4n) is 5.37. The highest BCUT2D eigenvalue weighted by molar-refractivity contribution is 5.97. The molecule has 0 saturated heterocycles. The molecule has 2 heterocycles. The van der Waals surface area contributed by atoms with Gasteiger partial charge in [-0.25, -0.2) is 14.8 Å². The van der Waals surface area contributed by atoms with E-state index in [9.17, 15) is 29.1 Å². The van der Waals surface area contributed by atoms with Crippen molar-refractivity contribution < 1.29 is 48.0 Å². The number of aliphatic carboxylic acids is 1. The maximum Gasteiger partial charge on any atom is 0.326 e. The maximum atomic E-state index is 12.8. The van der Waals surface area contributed by atoms with Crippen LogP contribution >= 0.6 is 0 Å². The molecule has 0 spiro atoms. The van der Waals surface area contributed by atoms with Crippen LogP contribution in [0.3, 0.4) is 0 Å². The minimum absolute atomic E-state index is 0.0217. The summed E-state index contributed by atoms with van der Waals surface area (Å²) in [6, 6.07) is 5.15. The lowest BCUT2D eigenvalue weighted by molar-refractivity contribution is -0.139. The molecule has 0 radical (unpaired) electrons. The number of carboxylic acids is 1. The number of H-pyrrole nitrogens is 1. The van der Waals surface area contributed by atoms with Crippen molar-refractivity contribution in [2.75, 3.05) is 77.1 Å². The number of nitrogens with zero attached hydrogens (tertiary/aromatic N) is 3. The van der Waals surface area contributed by atoms with Crippen LogP contribution in [0.2, 0.25) is 0 Å². The molecule has 3 aromatic rings. The molecule has 0 aliphatic heterocycles. The van der Waals surface area contributed by atoms with Gasteiger partial charge in [-0.15, -0.1) is 0 Å². The molecule has 0 saturated carbocycles. The van der Waals surface area contributed by atoms with Crippen LogP contribution in [0.4, 0.5) is 11.6 Å². The molecule has 18 nitrogen and oxygen atoms in total. The summed E-state index contributed by atoms with van der Waals surface area (Å²) in [6.45, 7) is 7.40. The minimum atomic E-state index is -1.23. The van der Waals surface area contributed by atoms with Crippen molar-refractivity contribution in [2.24, 2.45) is 0 Å². The number of carboxylic acid groups (broad SMARTS) is 1. The second-order valence-electron chi connectivity index (χ2n) is 13.1. The van der Waals surface area contributed by atoms with Crippen molar-refractivity contribution >= 4 is 46.2 Å². The number of ether oxygens (including phenoxy) is 5. The van der Waals surface area contributed by atoms with Gasteiger partial charge in [0.25, 0.3) is 11.5 Å². The molecule has 18 heteroatoms. The number of unbranched alkanes of at least 4 members (excludes halogenated alkanes) is 2. The third-order valence-electron chi connectivity index (χ3n) is 8.48. The number of hydrogen-bond acceptors (Lipinski definition) is 15. The Labute approximate surface area is 332 Å². The minimum Gasteiger partial charge on any atom is -0.480 e. The van der Waals surface area contributed by atoms with Gasteiger partial charge in [-0.3, -0.25) is 24.2 Å². The molecular formula is C39H57N7O11. The molecule has 6 N–H and O–H groups in total. The fourth-order valence-corrected chi connectivity index (χ4v) is 5.37. The van der Waals surface area contributed by atoms with Gasteiger partial charge in [0.1, 0.15) is 17.6 Å². The highest BCUT2D eigenvalue weighted by Crippen LogP contribution is 2.13. The number of hydrogen-bond donors (Lipinski definition) is 5. The number of carbonyl (C=O) groups is 4. The summed E-state index contributed by atoms with van der Waals surface area (Å²) >= 11 is 0. The molecule has 0 fully saturated rings. The summed E-state index contributed by atoms with van der Waals surface area (Å²) in [5.41, 5.74) is 6.60. The Balaban J connectivity index is 1.16. The second-order valence-corrected chi connectivity index (χ2v) is 13.1. The molecule has 1 amide bonds. The van der Waals surface area contributed by atoms with E-state index in [1.54, 1.807) is 12.1 Å². The average molecular weight is 800 g/mol. The first-order chi connectivity index (χ1) is 27.7. The second kappa shape index (κ2) is 27.7. The Kier molecular flexibility index (Phi) is 22.6. The predicted octanol–water partition coefficient (Wildman–Crippen LogP) is 3.23. The summed E-state index contributed by atoms with van der Waals surface area (Å²) in [5.74, 6) is -1.69. The predicted molar refractivity (Wildman–Crippen MR) is 211 cm³/mol. The number of ketones is 2. The number of rotatable bonds is 33. The van der Waals surface area contributed by atoms with E-state index in [0.29, 0.717) is 103 Å². The molecule has 0 bridgehead atoms. The van der Waals surface area contributed by atoms with E-state index >= 15 is 0 Å². The lowest BCUT2D eigenvalue weighted by atomic mass is 10.0. The van der Waals surface area contributed by atoms with Gasteiger partial charge in [0.15, 0.2) is 11.2 Å². The smallest absolute Gasteiger partial charge is 0.326 e. The molecule has 0 aliphatic carbocycles. The Bertz CT molecular complexity index is 1720. The summed E-state index contributed by atoms with van der Waals surface area (Å²) in [5, 5.41) is 15.3. The lowest BCUT2D eigenvalue weighted by Gasteiger charge is -2.14. The zero-order valence-corrected chi connectivity index (χ0v) is 32.8. The summed E-state index contributed by atoms with van der Waals surface area (Å²) in [6.07, 6.45) is 6.48. The van der Waals surface area contributed by atoms with Crippen molar-refractivity contribution in [3.05, 3.63) is 52.1 Å². The number of aromatic amines is 1. The zero-order chi connectivity index (χ0) is 41.1. The van der Waals surface area contributed by atoms with Gasteiger partial charge in [0.2, 0.25) is 5.95 Å². The van der Waals surface area contributed by atoms with Crippen LogP contribution in [0.25, 0.3) is 11.2 Å². The molecule has 57 heavy (non-hydrogen) atoms. The standard InChI is InChI=1S/C39H57N7O11/c1-2-53-20-21-56-19-7-10-31(47)8-3-5-17-54-22-24-57-25-23-55-18-6-4-9-32(48)15-16-33(38(51)52)44-36(49)28-11-13-29(14-12-28)41-26-30-27-42-35-34(43-30)37(50)46-39(40)45-35/h11-14,27,33,41H,2-10,15-26H2,1H3,(H,44,49)(H,51,52)(H3,40,42,45,46,50)/t33-/m1/s1. The number of benzene rings is 1. The lowest BCUT2D eigenvalue weighted by Crippen LogP contribution is -2.41. The third kappa shape index (κ3) is 19.7. The van der Waals surface area contributed by atoms with Crippen molar-refractivity contribution in [3.8, 4) is 0 Å². The number of Topliss-reactive ketones (excluding diaryl/α,β-unsaturated/α-hetero) is 2. The number of nitrogen functional groups attached to an aromatic ring is 1. The molecule has 0 aliphatic rings. The number of anilines is 2. The monoisotopic (exact) mass is 799 g/mol. The van der Waals surface area contributed by atoms with Crippen molar-refractivity contribution in [3.63, 3.8) is 0 Å². The summed E-state index contributed by atoms with van der Waals surface area (Å²) < 4.78 is 27.2. The van der Waals surface area contributed by atoms with Crippen LogP contribution in [0.1, 0.15) is 87.2 Å². The van der Waals surface area contributed by atoms with E-state index in [-0.39, 0.29) is 60.0 Å². The highest BCUT2D eigenvalue weighted by Gasteiger charge is 2.22. The normalized spacial score (nSPS) is 11.7. The van der Waals surface area contributed by atoms with Gasteiger partial charge in [-0.05, 0) is 69.7 Å². The van der Waals surface area contributed by atoms with Gasteiger partial charge in [-0.1, -0.05) is 0 Å². The Morgan fingerprint density at radius 1 is 0.754 bits per heavy atom. The Hall–Kier alpha value is -4.88. The summed E-state index contributed by atoms with van der Waals surface area (Å²) in [4.78, 5) is 75.7. The van der Waals surface area contributed by atoms with Gasteiger partial charge in [0.05, 0.1) is 58.1 Å². The molecule has 314 valence electrons. The van der Waals surface area contributed by atoms with E-state index < -0.39 is 23.5 Å². The maximum absolute atomic E-state index is 12.8. The van der Waals surface area contributed by atoms with Crippen LogP contribution in [-0.2, 0) is 44.6 Å². The first-order valence-electron chi connectivity index (χ1n) is 19.5. The van der Waals surface area contributed by atoms with Crippen LogP contribution in [0.15, 0.2) is 35.3 Å². The molecule has 0 unspecified atom stereocenters. The van der Waals surface area contributed by atoms with E-state index in [0.717, 1.165) is 19.3 Å². The van der Waals surface area contributed by atoms with Crippen LogP contribution < -0.4 is 21.9 Å².